The number of fused-ring (bicyclic) bond motifs is 2. The number of para-hydroxylation sites is 2. The summed E-state index contributed by atoms with van der Waals surface area (Å²) < 4.78 is 8.45. The van der Waals surface area contributed by atoms with E-state index in [9.17, 15) is 4.79 Å². The van der Waals surface area contributed by atoms with Crippen LogP contribution in [-0.2, 0) is 17.8 Å². The first-order valence-corrected chi connectivity index (χ1v) is 12.8. The molecule has 0 radical (unpaired) electrons. The minimum atomic E-state index is -0.0806. The monoisotopic (exact) mass is 489 g/mol. The molecule has 0 bridgehead atoms. The van der Waals surface area contributed by atoms with Crippen LogP contribution in [0.2, 0.25) is 0 Å². The van der Waals surface area contributed by atoms with Crippen LogP contribution in [0.5, 0.6) is 5.75 Å². The Morgan fingerprint density at radius 1 is 0.865 bits per heavy atom. The summed E-state index contributed by atoms with van der Waals surface area (Å²) in [6.07, 6.45) is 5.90. The maximum atomic E-state index is 12.2. The summed E-state index contributed by atoms with van der Waals surface area (Å²) in [7, 11) is 0. The number of carbonyl (C=O) groups is 1. The topological polar surface area (TPSA) is 56.2 Å². The van der Waals surface area contributed by atoms with Crippen molar-refractivity contribution < 1.29 is 9.53 Å². The molecule has 0 atom stereocenters. The van der Waals surface area contributed by atoms with Crippen molar-refractivity contribution in [3.05, 3.63) is 115 Å². The van der Waals surface area contributed by atoms with Crippen LogP contribution >= 0.6 is 0 Å². The van der Waals surface area contributed by atoms with Crippen LogP contribution in [0.4, 0.5) is 0 Å². The van der Waals surface area contributed by atoms with E-state index in [0.29, 0.717) is 13.2 Å². The SMILES string of the molecule is O=C(/C=C/c1ccccc1)NCCCc1nc2ccccc2n1CCCOc1cccc2ccccc12. The number of rotatable bonds is 11. The normalized spacial score (nSPS) is 11.4. The van der Waals surface area contributed by atoms with Gasteiger partial charge in [0.1, 0.15) is 11.6 Å². The van der Waals surface area contributed by atoms with E-state index in [1.54, 1.807) is 6.08 Å². The van der Waals surface area contributed by atoms with E-state index in [4.69, 9.17) is 9.72 Å². The molecule has 0 aliphatic carbocycles. The molecule has 0 saturated heterocycles. The van der Waals surface area contributed by atoms with E-state index in [1.807, 2.05) is 66.7 Å². The molecule has 0 spiro atoms. The second-order valence-electron chi connectivity index (χ2n) is 8.99. The molecule has 1 amide bonds. The van der Waals surface area contributed by atoms with Gasteiger partial charge in [0, 0.05) is 31.0 Å². The lowest BCUT2D eigenvalue weighted by Crippen LogP contribution is -2.22. The second-order valence-corrected chi connectivity index (χ2v) is 8.99. The number of nitrogens with zero attached hydrogens (tertiary/aromatic N) is 2. The van der Waals surface area contributed by atoms with Crippen LogP contribution in [-0.4, -0.2) is 28.6 Å². The predicted octanol–water partition coefficient (Wildman–Crippen LogP) is 6.42. The minimum absolute atomic E-state index is 0.0806. The molecule has 186 valence electrons. The van der Waals surface area contributed by atoms with Crippen LogP contribution in [0, 0.1) is 0 Å². The van der Waals surface area contributed by atoms with Gasteiger partial charge >= 0.3 is 0 Å². The molecule has 0 unspecified atom stereocenters. The number of hydrogen-bond donors (Lipinski definition) is 1. The van der Waals surface area contributed by atoms with E-state index < -0.39 is 0 Å². The van der Waals surface area contributed by atoms with Gasteiger partial charge < -0.3 is 14.6 Å². The first kappa shape index (κ1) is 24.3. The van der Waals surface area contributed by atoms with Gasteiger partial charge in [-0.3, -0.25) is 4.79 Å². The lowest BCUT2D eigenvalue weighted by atomic mass is 10.1. The predicted molar refractivity (Wildman–Crippen MR) is 151 cm³/mol. The maximum absolute atomic E-state index is 12.2. The van der Waals surface area contributed by atoms with Gasteiger partial charge in [0.25, 0.3) is 0 Å². The Hall–Kier alpha value is -4.38. The van der Waals surface area contributed by atoms with E-state index in [1.165, 1.54) is 5.39 Å². The highest BCUT2D eigenvalue weighted by atomic mass is 16.5. The highest BCUT2D eigenvalue weighted by Crippen LogP contribution is 2.25. The number of amides is 1. The van der Waals surface area contributed by atoms with Crippen LogP contribution in [0.15, 0.2) is 103 Å². The Balaban J connectivity index is 1.16. The van der Waals surface area contributed by atoms with Crippen molar-refractivity contribution in [3.8, 4) is 5.75 Å². The molecular formula is C32H31N3O2. The summed E-state index contributed by atoms with van der Waals surface area (Å²) in [6.45, 7) is 2.06. The summed E-state index contributed by atoms with van der Waals surface area (Å²) in [5.41, 5.74) is 3.15. The summed E-state index contributed by atoms with van der Waals surface area (Å²) in [4.78, 5) is 17.1. The molecular weight excluding hydrogens is 458 g/mol. The lowest BCUT2D eigenvalue weighted by Gasteiger charge is -2.12. The molecule has 4 aromatic carbocycles. The maximum Gasteiger partial charge on any atom is 0.243 e. The quantitative estimate of drug-likeness (QED) is 0.172. The lowest BCUT2D eigenvalue weighted by molar-refractivity contribution is -0.116. The molecule has 0 fully saturated rings. The van der Waals surface area contributed by atoms with E-state index >= 15 is 0 Å². The Morgan fingerprint density at radius 2 is 1.65 bits per heavy atom. The van der Waals surface area contributed by atoms with Crippen molar-refractivity contribution in [2.24, 2.45) is 0 Å². The number of imidazole rings is 1. The van der Waals surface area contributed by atoms with E-state index in [-0.39, 0.29) is 5.91 Å². The Labute approximate surface area is 217 Å². The molecule has 5 heteroatoms. The number of ether oxygens (including phenoxy) is 1. The van der Waals surface area contributed by atoms with Crippen molar-refractivity contribution >= 4 is 33.8 Å². The third-order valence-corrected chi connectivity index (χ3v) is 6.37. The number of hydrogen-bond acceptors (Lipinski definition) is 3. The van der Waals surface area contributed by atoms with Crippen molar-refractivity contribution in [3.63, 3.8) is 0 Å². The molecule has 1 N–H and O–H groups in total. The average Bonchev–Trinajstić information content (AvgIpc) is 3.30. The molecule has 1 aromatic heterocycles. The van der Waals surface area contributed by atoms with Gasteiger partial charge in [-0.1, -0.05) is 78.9 Å². The number of benzene rings is 4. The summed E-state index contributed by atoms with van der Waals surface area (Å²) in [5, 5.41) is 5.30. The molecule has 1 heterocycles. The largest absolute Gasteiger partial charge is 0.493 e. The van der Waals surface area contributed by atoms with Gasteiger partial charge in [0.15, 0.2) is 0 Å². The fourth-order valence-corrected chi connectivity index (χ4v) is 4.55. The Kier molecular flexibility index (Phi) is 7.91. The fraction of sp³-hybridized carbons (Fsp3) is 0.188. The van der Waals surface area contributed by atoms with Crippen LogP contribution in [0.25, 0.3) is 27.9 Å². The van der Waals surface area contributed by atoms with Crippen LogP contribution < -0.4 is 10.1 Å². The number of aryl methyl sites for hydroxylation is 2. The zero-order chi connectivity index (χ0) is 25.3. The van der Waals surface area contributed by atoms with Crippen LogP contribution in [0.3, 0.4) is 0 Å². The zero-order valence-corrected chi connectivity index (χ0v) is 20.8. The average molecular weight is 490 g/mol. The molecule has 5 aromatic rings. The Morgan fingerprint density at radius 3 is 2.57 bits per heavy atom. The van der Waals surface area contributed by atoms with E-state index in [2.05, 4.69) is 46.3 Å². The molecule has 37 heavy (non-hydrogen) atoms. The fourth-order valence-electron chi connectivity index (χ4n) is 4.55. The van der Waals surface area contributed by atoms with Crippen molar-refractivity contribution in [2.75, 3.05) is 13.2 Å². The first-order chi connectivity index (χ1) is 18.3. The molecule has 0 saturated carbocycles. The second kappa shape index (κ2) is 12.0. The Bertz CT molecular complexity index is 1500. The summed E-state index contributed by atoms with van der Waals surface area (Å²) in [5.74, 6) is 1.88. The van der Waals surface area contributed by atoms with Crippen LogP contribution in [0.1, 0.15) is 24.2 Å². The highest BCUT2D eigenvalue weighted by Gasteiger charge is 2.10. The summed E-state index contributed by atoms with van der Waals surface area (Å²) in [6, 6.07) is 32.5. The van der Waals surface area contributed by atoms with Crippen molar-refractivity contribution in [2.45, 2.75) is 25.8 Å². The standard InChI is InChI=1S/C32H31N3O2/c36-32(21-20-25-11-2-1-3-12-25)33-22-9-19-31-34-28-16-6-7-17-29(28)35(31)23-10-24-37-30-18-8-14-26-13-4-5-15-27(26)30/h1-8,11-18,20-21H,9-10,19,22-24H2,(H,33,36)/b21-20+. The molecule has 0 aliphatic rings. The molecule has 0 aliphatic heterocycles. The minimum Gasteiger partial charge on any atom is -0.493 e. The van der Waals surface area contributed by atoms with Gasteiger partial charge in [0.2, 0.25) is 5.91 Å². The smallest absolute Gasteiger partial charge is 0.243 e. The third kappa shape index (κ3) is 6.25. The van der Waals surface area contributed by atoms with Gasteiger partial charge in [-0.25, -0.2) is 4.98 Å². The van der Waals surface area contributed by atoms with E-state index in [0.717, 1.165) is 59.4 Å². The molecule has 5 nitrogen and oxygen atoms in total. The van der Waals surface area contributed by atoms with Gasteiger partial charge in [-0.15, -0.1) is 0 Å². The van der Waals surface area contributed by atoms with Gasteiger partial charge in [0.05, 0.1) is 17.6 Å². The van der Waals surface area contributed by atoms with Gasteiger partial charge in [-0.2, -0.15) is 0 Å². The number of nitrogens with one attached hydrogen (secondary N) is 1. The first-order valence-electron chi connectivity index (χ1n) is 12.8. The highest BCUT2D eigenvalue weighted by molar-refractivity contribution is 5.91. The summed E-state index contributed by atoms with van der Waals surface area (Å²) >= 11 is 0. The number of aromatic nitrogens is 2. The third-order valence-electron chi connectivity index (χ3n) is 6.37. The molecule has 5 rings (SSSR count). The van der Waals surface area contributed by atoms with Crippen molar-refractivity contribution in [1.82, 2.24) is 14.9 Å². The van der Waals surface area contributed by atoms with Crippen molar-refractivity contribution in [1.29, 1.82) is 0 Å². The van der Waals surface area contributed by atoms with Gasteiger partial charge in [-0.05, 0) is 48.1 Å². The number of carbonyl (C=O) groups excluding carboxylic acids is 1. The zero-order valence-electron chi connectivity index (χ0n) is 20.8.